The number of amides is 1. The van der Waals surface area contributed by atoms with Crippen LogP contribution < -0.4 is 9.64 Å². The SMILES string of the molecule is CCOc1ccc2nc(N(CCCN3CCOCC3)C(=O)CCCSc3ccc(Cl)cc3)sc2c1.Cl. The van der Waals surface area contributed by atoms with Crippen LogP contribution in [0.4, 0.5) is 5.13 Å². The molecule has 1 amide bonds. The van der Waals surface area contributed by atoms with Gasteiger partial charge in [0.05, 0.1) is 30.0 Å². The molecule has 0 unspecified atom stereocenters. The number of rotatable bonds is 12. The van der Waals surface area contributed by atoms with Crippen molar-refractivity contribution in [2.24, 2.45) is 0 Å². The molecule has 0 N–H and O–H groups in total. The highest BCUT2D eigenvalue weighted by molar-refractivity contribution is 7.99. The number of thioether (sulfide) groups is 1. The number of thiazole rings is 1. The summed E-state index contributed by atoms with van der Waals surface area (Å²) in [6.45, 7) is 7.70. The summed E-state index contributed by atoms with van der Waals surface area (Å²) in [6, 6.07) is 13.8. The third-order valence-electron chi connectivity index (χ3n) is 5.77. The van der Waals surface area contributed by atoms with Gasteiger partial charge in [-0.15, -0.1) is 24.2 Å². The summed E-state index contributed by atoms with van der Waals surface area (Å²) in [4.78, 5) is 23.6. The molecule has 10 heteroatoms. The van der Waals surface area contributed by atoms with Crippen molar-refractivity contribution < 1.29 is 14.3 Å². The lowest BCUT2D eigenvalue weighted by molar-refractivity contribution is -0.118. The van der Waals surface area contributed by atoms with Crippen molar-refractivity contribution in [1.82, 2.24) is 9.88 Å². The lowest BCUT2D eigenvalue weighted by atomic mass is 10.2. The Morgan fingerprint density at radius 3 is 2.72 bits per heavy atom. The quantitative estimate of drug-likeness (QED) is 0.186. The molecule has 1 aliphatic rings. The molecule has 0 radical (unpaired) electrons. The minimum absolute atomic E-state index is 0. The van der Waals surface area contributed by atoms with E-state index >= 15 is 0 Å². The maximum Gasteiger partial charge on any atom is 0.228 e. The number of fused-ring (bicyclic) bond motifs is 1. The van der Waals surface area contributed by atoms with E-state index in [4.69, 9.17) is 26.1 Å². The molecule has 0 atom stereocenters. The monoisotopic (exact) mass is 569 g/mol. The Morgan fingerprint density at radius 1 is 1.19 bits per heavy atom. The maximum atomic E-state index is 13.3. The van der Waals surface area contributed by atoms with Gasteiger partial charge in [-0.1, -0.05) is 22.9 Å². The highest BCUT2D eigenvalue weighted by Crippen LogP contribution is 2.32. The number of carbonyl (C=O) groups is 1. The van der Waals surface area contributed by atoms with Gasteiger partial charge in [0, 0.05) is 42.5 Å². The van der Waals surface area contributed by atoms with Crippen molar-refractivity contribution in [3.05, 3.63) is 47.5 Å². The van der Waals surface area contributed by atoms with Crippen LogP contribution in [0.5, 0.6) is 5.75 Å². The van der Waals surface area contributed by atoms with Gasteiger partial charge in [-0.25, -0.2) is 4.98 Å². The fourth-order valence-electron chi connectivity index (χ4n) is 3.95. The zero-order chi connectivity index (χ0) is 24.5. The minimum Gasteiger partial charge on any atom is -0.494 e. The predicted octanol–water partition coefficient (Wildman–Crippen LogP) is 6.40. The standard InChI is InChI=1S/C26H32ClN3O3S2.ClH/c1-2-33-21-8-11-23-24(19-21)35-26(28-23)30(13-4-12-29-14-16-32-17-15-29)25(31)5-3-18-34-22-9-6-20(27)7-10-22;/h6-11,19H,2-5,12-18H2,1H3;1H. The Morgan fingerprint density at radius 2 is 1.97 bits per heavy atom. The lowest BCUT2D eigenvalue weighted by Gasteiger charge is -2.27. The van der Waals surface area contributed by atoms with E-state index in [1.807, 2.05) is 54.3 Å². The van der Waals surface area contributed by atoms with E-state index in [9.17, 15) is 4.79 Å². The fraction of sp³-hybridized carbons (Fsp3) is 0.462. The molecule has 1 aliphatic heterocycles. The molecule has 4 rings (SSSR count). The number of halogens is 2. The van der Waals surface area contributed by atoms with Crippen LogP contribution >= 0.6 is 47.1 Å². The summed E-state index contributed by atoms with van der Waals surface area (Å²) in [5.41, 5.74) is 0.901. The number of morpholine rings is 1. The number of ether oxygens (including phenoxy) is 2. The van der Waals surface area contributed by atoms with Crippen LogP contribution in [-0.2, 0) is 9.53 Å². The van der Waals surface area contributed by atoms with Crippen LogP contribution in [0.3, 0.4) is 0 Å². The number of aromatic nitrogens is 1. The van der Waals surface area contributed by atoms with E-state index in [0.717, 1.165) is 77.6 Å². The molecule has 2 heterocycles. The van der Waals surface area contributed by atoms with Crippen LogP contribution in [0.2, 0.25) is 5.02 Å². The Hall–Kier alpha value is -1.55. The molecule has 1 saturated heterocycles. The van der Waals surface area contributed by atoms with Gasteiger partial charge in [0.2, 0.25) is 5.91 Å². The van der Waals surface area contributed by atoms with Crippen LogP contribution in [-0.4, -0.2) is 67.5 Å². The van der Waals surface area contributed by atoms with Crippen LogP contribution in [0.1, 0.15) is 26.2 Å². The summed E-state index contributed by atoms with van der Waals surface area (Å²) in [5, 5.41) is 1.51. The summed E-state index contributed by atoms with van der Waals surface area (Å²) >= 11 is 9.28. The van der Waals surface area contributed by atoms with E-state index in [2.05, 4.69) is 4.90 Å². The first-order valence-corrected chi connectivity index (χ1v) is 14.3. The van der Waals surface area contributed by atoms with E-state index in [0.29, 0.717) is 19.6 Å². The van der Waals surface area contributed by atoms with Crippen LogP contribution in [0, 0.1) is 0 Å². The molecule has 196 valence electrons. The third kappa shape index (κ3) is 8.50. The Labute approximate surface area is 232 Å². The van der Waals surface area contributed by atoms with Crippen LogP contribution in [0.15, 0.2) is 47.4 Å². The molecule has 0 saturated carbocycles. The first kappa shape index (κ1) is 29.0. The van der Waals surface area contributed by atoms with Crippen molar-refractivity contribution in [2.75, 3.05) is 56.7 Å². The highest BCUT2D eigenvalue weighted by atomic mass is 35.5. The minimum atomic E-state index is 0. The molecule has 6 nitrogen and oxygen atoms in total. The first-order valence-electron chi connectivity index (χ1n) is 12.1. The lowest BCUT2D eigenvalue weighted by Crippen LogP contribution is -2.39. The van der Waals surface area contributed by atoms with Crippen molar-refractivity contribution in [2.45, 2.75) is 31.1 Å². The number of benzene rings is 2. The molecule has 0 spiro atoms. The molecule has 3 aromatic rings. The van der Waals surface area contributed by atoms with E-state index in [1.54, 1.807) is 23.1 Å². The van der Waals surface area contributed by atoms with Gasteiger partial charge in [0.25, 0.3) is 0 Å². The first-order chi connectivity index (χ1) is 17.1. The fourth-order valence-corrected chi connectivity index (χ4v) is 5.96. The van der Waals surface area contributed by atoms with Gasteiger partial charge in [-0.3, -0.25) is 14.6 Å². The zero-order valence-electron chi connectivity index (χ0n) is 20.5. The van der Waals surface area contributed by atoms with Crippen molar-refractivity contribution >= 4 is 68.4 Å². The van der Waals surface area contributed by atoms with Gasteiger partial charge >= 0.3 is 0 Å². The van der Waals surface area contributed by atoms with E-state index in [-0.39, 0.29) is 18.3 Å². The Kier molecular flexibility index (Phi) is 12.1. The van der Waals surface area contributed by atoms with E-state index in [1.165, 1.54) is 4.90 Å². The highest BCUT2D eigenvalue weighted by Gasteiger charge is 2.20. The third-order valence-corrected chi connectivity index (χ3v) is 8.16. The molecule has 0 bridgehead atoms. The summed E-state index contributed by atoms with van der Waals surface area (Å²) < 4.78 is 12.1. The average molecular weight is 571 g/mol. The molecule has 36 heavy (non-hydrogen) atoms. The maximum absolute atomic E-state index is 13.3. The summed E-state index contributed by atoms with van der Waals surface area (Å²) in [6.07, 6.45) is 2.22. The number of anilines is 1. The van der Waals surface area contributed by atoms with Gasteiger partial charge in [-0.2, -0.15) is 0 Å². The van der Waals surface area contributed by atoms with Crippen molar-refractivity contribution in [3.63, 3.8) is 0 Å². The number of hydrogen-bond donors (Lipinski definition) is 0. The molecule has 0 aliphatic carbocycles. The largest absolute Gasteiger partial charge is 0.494 e. The second-order valence-corrected chi connectivity index (χ2v) is 10.9. The summed E-state index contributed by atoms with van der Waals surface area (Å²) in [7, 11) is 0. The second kappa shape index (κ2) is 15.0. The summed E-state index contributed by atoms with van der Waals surface area (Å²) in [5.74, 6) is 1.85. The van der Waals surface area contributed by atoms with Crippen molar-refractivity contribution in [1.29, 1.82) is 0 Å². The number of nitrogens with zero attached hydrogens (tertiary/aromatic N) is 3. The van der Waals surface area contributed by atoms with Crippen LogP contribution in [0.25, 0.3) is 10.2 Å². The predicted molar refractivity (Wildman–Crippen MR) is 154 cm³/mol. The molecule has 1 fully saturated rings. The Bertz CT molecular complexity index is 1090. The van der Waals surface area contributed by atoms with Gasteiger partial charge in [-0.05, 0) is 68.0 Å². The molecule has 1 aromatic heterocycles. The topological polar surface area (TPSA) is 54.9 Å². The second-order valence-electron chi connectivity index (χ2n) is 8.32. The zero-order valence-corrected chi connectivity index (χ0v) is 23.7. The Balaban J connectivity index is 0.00000361. The van der Waals surface area contributed by atoms with Gasteiger partial charge in [0.15, 0.2) is 5.13 Å². The average Bonchev–Trinajstić information content (AvgIpc) is 3.29. The molecular weight excluding hydrogens is 537 g/mol. The number of carbonyl (C=O) groups excluding carboxylic acids is 1. The van der Waals surface area contributed by atoms with E-state index < -0.39 is 0 Å². The van der Waals surface area contributed by atoms with Gasteiger partial charge in [0.1, 0.15) is 5.75 Å². The van der Waals surface area contributed by atoms with Crippen molar-refractivity contribution in [3.8, 4) is 5.75 Å². The molecular formula is C26H33Cl2N3O3S2. The molecule has 2 aromatic carbocycles. The smallest absolute Gasteiger partial charge is 0.228 e. The number of hydrogen-bond acceptors (Lipinski definition) is 7. The normalized spacial score (nSPS) is 13.9. The van der Waals surface area contributed by atoms with Gasteiger partial charge < -0.3 is 9.47 Å².